The molecular formula is C13H16N6OS. The average Bonchev–Trinajstić information content (AvgIpc) is 2.86. The van der Waals surface area contributed by atoms with E-state index in [-0.39, 0.29) is 0 Å². The van der Waals surface area contributed by atoms with Gasteiger partial charge in [-0.2, -0.15) is 5.10 Å². The quantitative estimate of drug-likeness (QED) is 0.617. The van der Waals surface area contributed by atoms with Crippen molar-refractivity contribution in [1.82, 2.24) is 19.7 Å². The molecule has 3 rings (SSSR count). The van der Waals surface area contributed by atoms with Crippen LogP contribution in [0.4, 0.5) is 0 Å². The Morgan fingerprint density at radius 2 is 2.29 bits per heavy atom. The van der Waals surface area contributed by atoms with E-state index in [1.54, 1.807) is 4.68 Å². The molecule has 7 nitrogen and oxygen atoms in total. The number of thioether (sulfide) groups is 1. The summed E-state index contributed by atoms with van der Waals surface area (Å²) in [4.78, 5) is 20.5. The second kappa shape index (κ2) is 5.45. The fourth-order valence-corrected chi connectivity index (χ4v) is 2.96. The molecule has 2 aromatic rings. The van der Waals surface area contributed by atoms with Gasteiger partial charge in [-0.1, -0.05) is 11.8 Å². The zero-order valence-electron chi connectivity index (χ0n) is 11.7. The van der Waals surface area contributed by atoms with Gasteiger partial charge in [0.1, 0.15) is 0 Å². The minimum Gasteiger partial charge on any atom is -0.364 e. The molecule has 0 radical (unpaired) electrons. The number of fused-ring (bicyclic) bond motifs is 3. The number of carbonyl (C=O) groups excluding carboxylic acids is 1. The van der Waals surface area contributed by atoms with Crippen LogP contribution in [-0.2, 0) is 19.4 Å². The lowest BCUT2D eigenvalue weighted by molar-refractivity contribution is 0.0994. The van der Waals surface area contributed by atoms with Crippen molar-refractivity contribution in [3.8, 4) is 11.4 Å². The molecule has 4 N–H and O–H groups in total. The van der Waals surface area contributed by atoms with Crippen LogP contribution in [0.1, 0.15) is 21.6 Å². The molecule has 1 amide bonds. The highest BCUT2D eigenvalue weighted by Crippen LogP contribution is 2.34. The maximum absolute atomic E-state index is 11.6. The Morgan fingerprint density at radius 1 is 1.48 bits per heavy atom. The summed E-state index contributed by atoms with van der Waals surface area (Å²) in [6, 6.07) is 0. The van der Waals surface area contributed by atoms with Crippen molar-refractivity contribution in [2.45, 2.75) is 24.5 Å². The van der Waals surface area contributed by atoms with Gasteiger partial charge in [-0.05, 0) is 24.7 Å². The van der Waals surface area contributed by atoms with Gasteiger partial charge < -0.3 is 11.5 Å². The molecule has 21 heavy (non-hydrogen) atoms. The van der Waals surface area contributed by atoms with Crippen molar-refractivity contribution < 1.29 is 4.79 Å². The fraction of sp³-hybridized carbons (Fsp3) is 0.385. The monoisotopic (exact) mass is 304 g/mol. The summed E-state index contributed by atoms with van der Waals surface area (Å²) >= 11 is 1.48. The van der Waals surface area contributed by atoms with Gasteiger partial charge in [0, 0.05) is 18.3 Å². The minimum absolute atomic E-state index is 0.327. The van der Waals surface area contributed by atoms with Gasteiger partial charge in [0.05, 0.1) is 17.9 Å². The normalized spacial score (nSPS) is 12.9. The number of carbonyl (C=O) groups is 1. The van der Waals surface area contributed by atoms with Gasteiger partial charge in [0.15, 0.2) is 10.9 Å². The van der Waals surface area contributed by atoms with E-state index in [2.05, 4.69) is 15.1 Å². The van der Waals surface area contributed by atoms with Crippen LogP contribution in [0.25, 0.3) is 11.4 Å². The molecule has 1 aliphatic rings. The summed E-state index contributed by atoms with van der Waals surface area (Å²) in [6.07, 6.45) is 5.27. The van der Waals surface area contributed by atoms with Crippen LogP contribution in [0.2, 0.25) is 0 Å². The van der Waals surface area contributed by atoms with Crippen LogP contribution in [0.15, 0.2) is 11.4 Å². The van der Waals surface area contributed by atoms with E-state index in [1.807, 2.05) is 12.5 Å². The molecule has 2 aromatic heterocycles. The molecule has 0 saturated heterocycles. The number of primary amides is 1. The minimum atomic E-state index is -0.510. The van der Waals surface area contributed by atoms with E-state index in [9.17, 15) is 4.79 Å². The van der Waals surface area contributed by atoms with E-state index in [0.29, 0.717) is 30.4 Å². The highest BCUT2D eigenvalue weighted by molar-refractivity contribution is 7.98. The Bertz CT molecular complexity index is 711. The zero-order chi connectivity index (χ0) is 15.0. The second-order valence-corrected chi connectivity index (χ2v) is 5.56. The van der Waals surface area contributed by atoms with Crippen molar-refractivity contribution in [2.24, 2.45) is 11.5 Å². The molecule has 0 aromatic carbocycles. The Morgan fingerprint density at radius 3 is 2.95 bits per heavy atom. The van der Waals surface area contributed by atoms with Crippen LogP contribution in [0.5, 0.6) is 0 Å². The number of nitrogens with two attached hydrogens (primary N) is 2. The van der Waals surface area contributed by atoms with Crippen LogP contribution in [-0.4, -0.2) is 38.5 Å². The SMILES string of the molecule is CSc1ncc2c(n1)-c1c(c(C(N)=O)nn1CCN)CC2. The highest BCUT2D eigenvalue weighted by Gasteiger charge is 2.28. The van der Waals surface area contributed by atoms with Crippen LogP contribution in [0, 0.1) is 0 Å². The Kier molecular flexibility index (Phi) is 3.64. The smallest absolute Gasteiger partial charge is 0.269 e. The Balaban J connectivity index is 2.24. The van der Waals surface area contributed by atoms with Gasteiger partial charge >= 0.3 is 0 Å². The third kappa shape index (κ3) is 2.30. The average molecular weight is 304 g/mol. The predicted octanol–water partition coefficient (Wildman–Crippen LogP) is 0.218. The van der Waals surface area contributed by atoms with Gasteiger partial charge in [-0.25, -0.2) is 9.97 Å². The number of hydrogen-bond donors (Lipinski definition) is 2. The molecule has 0 saturated carbocycles. The van der Waals surface area contributed by atoms with Gasteiger partial charge in [-0.15, -0.1) is 0 Å². The molecule has 1 aliphatic carbocycles. The summed E-state index contributed by atoms with van der Waals surface area (Å²) < 4.78 is 1.74. The molecule has 0 bridgehead atoms. The number of hydrogen-bond acceptors (Lipinski definition) is 6. The molecule has 0 aliphatic heterocycles. The fourth-order valence-electron chi connectivity index (χ4n) is 2.62. The lowest BCUT2D eigenvalue weighted by Crippen LogP contribution is -2.15. The third-order valence-electron chi connectivity index (χ3n) is 3.52. The first-order valence-electron chi connectivity index (χ1n) is 6.65. The highest BCUT2D eigenvalue weighted by atomic mass is 32.2. The van der Waals surface area contributed by atoms with Crippen LogP contribution < -0.4 is 11.5 Å². The number of nitrogens with zero attached hydrogens (tertiary/aromatic N) is 4. The van der Waals surface area contributed by atoms with E-state index < -0.39 is 5.91 Å². The van der Waals surface area contributed by atoms with Crippen molar-refractivity contribution in [3.05, 3.63) is 23.0 Å². The molecule has 0 unspecified atom stereocenters. The van der Waals surface area contributed by atoms with Crippen molar-refractivity contribution in [2.75, 3.05) is 12.8 Å². The molecule has 0 fully saturated rings. The van der Waals surface area contributed by atoms with Crippen LogP contribution >= 0.6 is 11.8 Å². The van der Waals surface area contributed by atoms with E-state index in [4.69, 9.17) is 11.5 Å². The maximum atomic E-state index is 11.6. The largest absolute Gasteiger partial charge is 0.364 e. The first-order chi connectivity index (χ1) is 10.2. The standard InChI is InChI=1S/C13H16N6OS/c1-21-13-16-6-7-2-3-8-10(12(15)20)18-19(5-4-14)11(8)9(7)17-13/h6H,2-5,14H2,1H3,(H2,15,20). The lowest BCUT2D eigenvalue weighted by atomic mass is 9.93. The summed E-state index contributed by atoms with van der Waals surface area (Å²) in [5.74, 6) is -0.510. The number of aromatic nitrogens is 4. The molecule has 0 atom stereocenters. The van der Waals surface area contributed by atoms with Gasteiger partial charge in [0.2, 0.25) is 0 Å². The molecule has 0 spiro atoms. The van der Waals surface area contributed by atoms with Crippen molar-refractivity contribution in [1.29, 1.82) is 0 Å². The summed E-state index contributed by atoms with van der Waals surface area (Å²) in [5, 5.41) is 5.03. The second-order valence-electron chi connectivity index (χ2n) is 4.78. The summed E-state index contributed by atoms with van der Waals surface area (Å²) in [5.41, 5.74) is 15.0. The topological polar surface area (TPSA) is 113 Å². The molecule has 110 valence electrons. The van der Waals surface area contributed by atoms with Crippen LogP contribution in [0.3, 0.4) is 0 Å². The van der Waals surface area contributed by atoms with Crippen molar-refractivity contribution in [3.63, 3.8) is 0 Å². The third-order valence-corrected chi connectivity index (χ3v) is 4.08. The Hall–Kier alpha value is -1.93. The molecule has 8 heteroatoms. The van der Waals surface area contributed by atoms with Gasteiger partial charge in [-0.3, -0.25) is 9.48 Å². The number of aryl methyl sites for hydroxylation is 1. The predicted molar refractivity (Wildman–Crippen MR) is 80.0 cm³/mol. The molecule has 2 heterocycles. The summed E-state index contributed by atoms with van der Waals surface area (Å²) in [6.45, 7) is 0.954. The maximum Gasteiger partial charge on any atom is 0.269 e. The lowest BCUT2D eigenvalue weighted by Gasteiger charge is -2.17. The van der Waals surface area contributed by atoms with E-state index >= 15 is 0 Å². The van der Waals surface area contributed by atoms with Gasteiger partial charge in [0.25, 0.3) is 5.91 Å². The summed E-state index contributed by atoms with van der Waals surface area (Å²) in [7, 11) is 0. The zero-order valence-corrected chi connectivity index (χ0v) is 12.5. The molecular weight excluding hydrogens is 288 g/mol. The van der Waals surface area contributed by atoms with E-state index in [1.165, 1.54) is 11.8 Å². The van der Waals surface area contributed by atoms with E-state index in [0.717, 1.165) is 28.9 Å². The number of amides is 1. The van der Waals surface area contributed by atoms with Crippen molar-refractivity contribution >= 4 is 17.7 Å². The number of rotatable bonds is 4. The first kappa shape index (κ1) is 14.0. The first-order valence-corrected chi connectivity index (χ1v) is 7.88. The Labute approximate surface area is 126 Å².